The molecule has 2 aromatic carbocycles. The fourth-order valence-electron chi connectivity index (χ4n) is 3.03. The smallest absolute Gasteiger partial charge is 0.317 e. The highest BCUT2D eigenvalue weighted by Gasteiger charge is 2.47. The summed E-state index contributed by atoms with van der Waals surface area (Å²) in [5, 5.41) is 13.2. The summed E-state index contributed by atoms with van der Waals surface area (Å²) in [6.45, 7) is -0.398. The van der Waals surface area contributed by atoms with Gasteiger partial charge in [-0.2, -0.15) is 0 Å². The lowest BCUT2D eigenvalue weighted by Gasteiger charge is -2.39. The van der Waals surface area contributed by atoms with Gasteiger partial charge < -0.3 is 10.1 Å². The van der Waals surface area contributed by atoms with Gasteiger partial charge in [0.25, 0.3) is 11.6 Å². The van der Waals surface area contributed by atoms with Crippen molar-refractivity contribution in [2.24, 2.45) is 0 Å². The minimum Gasteiger partial charge on any atom is -0.455 e. The molecule has 7 nitrogen and oxygen atoms in total. The first-order valence-electron chi connectivity index (χ1n) is 8.28. The minimum atomic E-state index is -0.658. The Balaban J connectivity index is 1.57. The third-order valence-electron chi connectivity index (χ3n) is 4.62. The van der Waals surface area contributed by atoms with Crippen LogP contribution in [0.4, 0.5) is 11.4 Å². The minimum absolute atomic E-state index is 0.0655. The summed E-state index contributed by atoms with van der Waals surface area (Å²) in [7, 11) is 0. The van der Waals surface area contributed by atoms with Gasteiger partial charge in [-0.3, -0.25) is 19.7 Å². The topological polar surface area (TPSA) is 98.5 Å². The maximum atomic E-state index is 12.5. The maximum absolute atomic E-state index is 12.5. The van der Waals surface area contributed by atoms with Crippen molar-refractivity contribution in [3.8, 4) is 0 Å². The number of nitro groups is 1. The first-order chi connectivity index (χ1) is 12.5. The third kappa shape index (κ3) is 3.56. The molecule has 1 aliphatic carbocycles. The first kappa shape index (κ1) is 17.6. The van der Waals surface area contributed by atoms with Crippen molar-refractivity contribution >= 4 is 23.3 Å². The van der Waals surface area contributed by atoms with Crippen LogP contribution in [-0.4, -0.2) is 23.4 Å². The normalized spacial score (nSPS) is 14.8. The van der Waals surface area contributed by atoms with Crippen molar-refractivity contribution in [2.75, 3.05) is 11.9 Å². The van der Waals surface area contributed by atoms with Crippen molar-refractivity contribution in [1.82, 2.24) is 0 Å². The molecule has 134 valence electrons. The Morgan fingerprint density at radius 3 is 2.27 bits per heavy atom. The summed E-state index contributed by atoms with van der Waals surface area (Å²) < 4.78 is 5.24. The first-order valence-corrected chi connectivity index (χ1v) is 8.28. The molecule has 2 aromatic rings. The van der Waals surface area contributed by atoms with Gasteiger partial charge in [-0.05, 0) is 30.5 Å². The van der Waals surface area contributed by atoms with Gasteiger partial charge in [0.2, 0.25) is 0 Å². The fraction of sp³-hybridized carbons (Fsp3) is 0.263. The number of non-ortho nitro benzene ring substituents is 1. The maximum Gasteiger partial charge on any atom is 0.317 e. The van der Waals surface area contributed by atoms with Crippen molar-refractivity contribution in [3.05, 3.63) is 70.3 Å². The number of rotatable bonds is 6. The summed E-state index contributed by atoms with van der Waals surface area (Å²) >= 11 is 0. The number of anilines is 1. The van der Waals surface area contributed by atoms with Crippen LogP contribution >= 0.6 is 0 Å². The Labute approximate surface area is 150 Å². The van der Waals surface area contributed by atoms with Crippen LogP contribution in [0.15, 0.2) is 54.6 Å². The molecule has 0 radical (unpaired) electrons. The Bertz CT molecular complexity index is 814. The van der Waals surface area contributed by atoms with Crippen LogP contribution in [0.5, 0.6) is 0 Å². The standard InChI is InChI=1S/C19H18N2O5/c22-17(20-15-7-9-16(10-8-15)21(24)25)13-26-18(23)19(11-4-12-19)14-5-2-1-3-6-14/h1-3,5-10H,4,11-13H2,(H,20,22). The zero-order valence-electron chi connectivity index (χ0n) is 14.0. The second-order valence-corrected chi connectivity index (χ2v) is 6.23. The number of carbonyl (C=O) groups excluding carboxylic acids is 2. The summed E-state index contributed by atoms with van der Waals surface area (Å²) in [5.74, 6) is -0.886. The molecule has 0 saturated heterocycles. The molecule has 3 rings (SSSR count). The van der Waals surface area contributed by atoms with E-state index in [1.54, 1.807) is 0 Å². The quantitative estimate of drug-likeness (QED) is 0.488. The lowest BCUT2D eigenvalue weighted by Crippen LogP contribution is -2.44. The lowest BCUT2D eigenvalue weighted by atomic mass is 9.64. The summed E-state index contributed by atoms with van der Waals surface area (Å²) in [6.07, 6.45) is 2.36. The van der Waals surface area contributed by atoms with Gasteiger partial charge in [-0.1, -0.05) is 36.8 Å². The van der Waals surface area contributed by atoms with E-state index >= 15 is 0 Å². The van der Waals surface area contributed by atoms with Crippen LogP contribution in [0.2, 0.25) is 0 Å². The van der Waals surface area contributed by atoms with Gasteiger partial charge in [0.05, 0.1) is 10.3 Å². The molecule has 0 bridgehead atoms. The fourth-order valence-corrected chi connectivity index (χ4v) is 3.03. The molecule has 7 heteroatoms. The molecule has 1 N–H and O–H groups in total. The second kappa shape index (κ2) is 7.35. The predicted octanol–water partition coefficient (Wildman–Crippen LogP) is 3.20. The number of hydrogen-bond donors (Lipinski definition) is 1. The highest BCUT2D eigenvalue weighted by atomic mass is 16.6. The number of nitrogens with one attached hydrogen (secondary N) is 1. The SMILES string of the molecule is O=C(COC(=O)C1(c2ccccc2)CCC1)Nc1ccc([N+](=O)[O-])cc1. The molecule has 26 heavy (non-hydrogen) atoms. The molecule has 1 fully saturated rings. The number of ether oxygens (including phenoxy) is 1. The molecule has 0 unspecified atom stereocenters. The number of benzene rings is 2. The van der Waals surface area contributed by atoms with Crippen LogP contribution in [-0.2, 0) is 19.7 Å². The van der Waals surface area contributed by atoms with Gasteiger partial charge in [-0.25, -0.2) is 0 Å². The number of amides is 1. The van der Waals surface area contributed by atoms with E-state index in [-0.39, 0.29) is 5.69 Å². The van der Waals surface area contributed by atoms with Crippen LogP contribution < -0.4 is 5.32 Å². The van der Waals surface area contributed by atoms with Crippen LogP contribution in [0.25, 0.3) is 0 Å². The van der Waals surface area contributed by atoms with Crippen LogP contribution in [0, 0.1) is 10.1 Å². The van der Waals surface area contributed by atoms with Crippen LogP contribution in [0.3, 0.4) is 0 Å². The van der Waals surface area contributed by atoms with E-state index < -0.39 is 28.8 Å². The monoisotopic (exact) mass is 354 g/mol. The molecule has 0 heterocycles. The molecular weight excluding hydrogens is 336 g/mol. The van der Waals surface area contributed by atoms with Gasteiger partial charge in [-0.15, -0.1) is 0 Å². The lowest BCUT2D eigenvalue weighted by molar-refractivity contribution is -0.384. The van der Waals surface area contributed by atoms with Crippen molar-refractivity contribution < 1.29 is 19.2 Å². The Morgan fingerprint density at radius 1 is 1.08 bits per heavy atom. The highest BCUT2D eigenvalue weighted by molar-refractivity contribution is 5.94. The van der Waals surface area contributed by atoms with E-state index in [1.807, 2.05) is 30.3 Å². The average molecular weight is 354 g/mol. The number of hydrogen-bond acceptors (Lipinski definition) is 5. The van der Waals surface area contributed by atoms with E-state index in [9.17, 15) is 19.7 Å². The molecule has 0 atom stereocenters. The molecule has 0 spiro atoms. The summed E-state index contributed by atoms with van der Waals surface area (Å²) in [4.78, 5) is 34.6. The Kier molecular flexibility index (Phi) is 4.97. The molecule has 1 amide bonds. The number of carbonyl (C=O) groups is 2. The molecule has 0 aliphatic heterocycles. The zero-order chi connectivity index (χ0) is 18.6. The van der Waals surface area contributed by atoms with Crippen LogP contribution in [0.1, 0.15) is 24.8 Å². The van der Waals surface area contributed by atoms with Gasteiger partial charge in [0, 0.05) is 17.8 Å². The van der Waals surface area contributed by atoms with Gasteiger partial charge in [0.15, 0.2) is 6.61 Å². The van der Waals surface area contributed by atoms with Crippen molar-refractivity contribution in [3.63, 3.8) is 0 Å². The highest BCUT2D eigenvalue weighted by Crippen LogP contribution is 2.44. The molecule has 0 aromatic heterocycles. The van der Waals surface area contributed by atoms with Crippen molar-refractivity contribution in [1.29, 1.82) is 0 Å². The summed E-state index contributed by atoms with van der Waals surface area (Å²) in [6, 6.07) is 14.9. The summed E-state index contributed by atoms with van der Waals surface area (Å²) in [5.41, 5.74) is 0.587. The number of nitrogens with zero attached hydrogens (tertiary/aromatic N) is 1. The van der Waals surface area contributed by atoms with E-state index in [0.717, 1.165) is 12.0 Å². The van der Waals surface area contributed by atoms with E-state index in [1.165, 1.54) is 24.3 Å². The third-order valence-corrected chi connectivity index (χ3v) is 4.62. The average Bonchev–Trinajstić information content (AvgIpc) is 2.60. The number of nitro benzene ring substituents is 1. The van der Waals surface area contributed by atoms with Gasteiger partial charge >= 0.3 is 5.97 Å². The zero-order valence-corrected chi connectivity index (χ0v) is 14.0. The Hall–Kier alpha value is -3.22. The molecular formula is C19H18N2O5. The van der Waals surface area contributed by atoms with Crippen molar-refractivity contribution in [2.45, 2.75) is 24.7 Å². The van der Waals surface area contributed by atoms with E-state index in [4.69, 9.17) is 4.74 Å². The largest absolute Gasteiger partial charge is 0.455 e. The number of esters is 1. The van der Waals surface area contributed by atoms with E-state index in [0.29, 0.717) is 18.5 Å². The Morgan fingerprint density at radius 2 is 1.73 bits per heavy atom. The van der Waals surface area contributed by atoms with E-state index in [2.05, 4.69) is 5.32 Å². The predicted molar refractivity (Wildman–Crippen MR) is 94.7 cm³/mol. The molecule has 1 saturated carbocycles. The second-order valence-electron chi connectivity index (χ2n) is 6.23. The molecule has 1 aliphatic rings. The van der Waals surface area contributed by atoms with Gasteiger partial charge in [0.1, 0.15) is 0 Å².